The highest BCUT2D eigenvalue weighted by molar-refractivity contribution is 5.86. The predicted molar refractivity (Wildman–Crippen MR) is 121 cm³/mol. The number of hydrogen-bond acceptors (Lipinski definition) is 7. The minimum atomic E-state index is -1.03. The SMILES string of the molecule is COc1cc(C=CC(=O)O)ccc1OCCOCCOc1ccc(C=CC(=O)O)cc1OC. The largest absolute Gasteiger partial charge is 0.493 e. The first-order chi connectivity index (χ1) is 15.9. The van der Waals surface area contributed by atoms with Crippen molar-refractivity contribution in [1.82, 2.24) is 0 Å². The van der Waals surface area contributed by atoms with Crippen LogP contribution < -0.4 is 18.9 Å². The molecule has 0 unspecified atom stereocenters. The molecule has 9 nitrogen and oxygen atoms in total. The summed E-state index contributed by atoms with van der Waals surface area (Å²) >= 11 is 0. The lowest BCUT2D eigenvalue weighted by Gasteiger charge is -2.13. The molecule has 2 rings (SSSR count). The fourth-order valence-corrected chi connectivity index (χ4v) is 2.67. The summed E-state index contributed by atoms with van der Waals surface area (Å²) < 4.78 is 27.4. The van der Waals surface area contributed by atoms with Gasteiger partial charge in [0.1, 0.15) is 13.2 Å². The standard InChI is InChI=1S/C24H26O9/c1-29-21-15-17(5-9-23(25)26)3-7-19(21)32-13-11-31-12-14-33-20-8-4-18(6-10-24(27)28)16-22(20)30-2/h3-10,15-16H,11-14H2,1-2H3,(H,25,26)(H,27,28). The summed E-state index contributed by atoms with van der Waals surface area (Å²) in [4.78, 5) is 21.2. The number of carbonyl (C=O) groups is 2. The number of ether oxygens (including phenoxy) is 5. The molecule has 2 aromatic carbocycles. The van der Waals surface area contributed by atoms with Crippen LogP contribution in [0.1, 0.15) is 11.1 Å². The number of methoxy groups -OCH3 is 2. The van der Waals surface area contributed by atoms with Gasteiger partial charge < -0.3 is 33.9 Å². The predicted octanol–water partition coefficient (Wildman–Crippen LogP) is 3.37. The Balaban J connectivity index is 1.75. The van der Waals surface area contributed by atoms with Crippen LogP contribution in [-0.4, -0.2) is 62.8 Å². The second-order valence-corrected chi connectivity index (χ2v) is 6.47. The summed E-state index contributed by atoms with van der Waals surface area (Å²) in [5.74, 6) is -0.0463. The maximum Gasteiger partial charge on any atom is 0.328 e. The Hall–Kier alpha value is -3.98. The van der Waals surface area contributed by atoms with Crippen molar-refractivity contribution in [2.24, 2.45) is 0 Å². The van der Waals surface area contributed by atoms with Gasteiger partial charge in [-0.15, -0.1) is 0 Å². The van der Waals surface area contributed by atoms with Gasteiger partial charge >= 0.3 is 11.9 Å². The zero-order valence-electron chi connectivity index (χ0n) is 18.4. The van der Waals surface area contributed by atoms with Crippen molar-refractivity contribution in [3.63, 3.8) is 0 Å². The van der Waals surface area contributed by atoms with Crippen molar-refractivity contribution in [1.29, 1.82) is 0 Å². The highest BCUT2D eigenvalue weighted by Crippen LogP contribution is 2.29. The van der Waals surface area contributed by atoms with Crippen molar-refractivity contribution in [2.45, 2.75) is 0 Å². The van der Waals surface area contributed by atoms with E-state index in [1.807, 2.05) is 0 Å². The van der Waals surface area contributed by atoms with E-state index in [9.17, 15) is 9.59 Å². The van der Waals surface area contributed by atoms with Crippen LogP contribution in [0.5, 0.6) is 23.0 Å². The Kier molecular flexibility index (Phi) is 10.3. The average molecular weight is 458 g/mol. The summed E-state index contributed by atoms with van der Waals surface area (Å²) in [6.45, 7) is 1.22. The molecule has 0 saturated heterocycles. The van der Waals surface area contributed by atoms with Crippen molar-refractivity contribution in [3.8, 4) is 23.0 Å². The van der Waals surface area contributed by atoms with Gasteiger partial charge in [-0.1, -0.05) is 12.1 Å². The molecule has 0 aromatic heterocycles. The molecule has 0 bridgehead atoms. The summed E-state index contributed by atoms with van der Waals surface area (Å²) in [6, 6.07) is 10.2. The first kappa shape index (κ1) is 25.3. The number of hydrogen-bond donors (Lipinski definition) is 2. The van der Waals surface area contributed by atoms with Gasteiger partial charge in [0.15, 0.2) is 23.0 Å². The van der Waals surface area contributed by atoms with Crippen molar-refractivity contribution >= 4 is 24.1 Å². The van der Waals surface area contributed by atoms with Crippen LogP contribution in [0.4, 0.5) is 0 Å². The molecule has 0 amide bonds. The van der Waals surface area contributed by atoms with Crippen LogP contribution in [0.25, 0.3) is 12.2 Å². The van der Waals surface area contributed by atoms with Crippen molar-refractivity contribution in [2.75, 3.05) is 40.6 Å². The molecule has 2 N–H and O–H groups in total. The normalized spacial score (nSPS) is 11.0. The van der Waals surface area contributed by atoms with Crippen LogP contribution in [0, 0.1) is 0 Å². The summed E-state index contributed by atoms with van der Waals surface area (Å²) in [6.07, 6.45) is 5.03. The molecule has 0 atom stereocenters. The van der Waals surface area contributed by atoms with Crippen LogP contribution in [-0.2, 0) is 14.3 Å². The molecule has 33 heavy (non-hydrogen) atoms. The number of aliphatic carboxylic acids is 2. The maximum atomic E-state index is 10.6. The molecule has 0 spiro atoms. The average Bonchev–Trinajstić information content (AvgIpc) is 2.81. The van der Waals surface area contributed by atoms with E-state index >= 15 is 0 Å². The minimum Gasteiger partial charge on any atom is -0.493 e. The molecule has 176 valence electrons. The molecule has 0 aliphatic carbocycles. The second kappa shape index (κ2) is 13.4. The molecule has 2 aromatic rings. The number of carboxylic acid groups (broad SMARTS) is 2. The van der Waals surface area contributed by atoms with Crippen molar-refractivity contribution < 1.29 is 43.5 Å². The summed E-state index contributed by atoms with van der Waals surface area (Å²) in [5, 5.41) is 17.4. The lowest BCUT2D eigenvalue weighted by molar-refractivity contribution is -0.132. The molecule has 0 aliphatic heterocycles. The van der Waals surface area contributed by atoms with Gasteiger partial charge in [0, 0.05) is 12.2 Å². The molecule has 0 saturated carbocycles. The molecule has 0 aliphatic rings. The Bertz CT molecular complexity index is 916. The first-order valence-electron chi connectivity index (χ1n) is 9.94. The van der Waals surface area contributed by atoms with E-state index in [1.54, 1.807) is 36.4 Å². The van der Waals surface area contributed by atoms with Gasteiger partial charge in [-0.2, -0.15) is 0 Å². The van der Waals surface area contributed by atoms with Gasteiger partial charge in [-0.05, 0) is 47.5 Å². The van der Waals surface area contributed by atoms with Gasteiger partial charge in [0.25, 0.3) is 0 Å². The van der Waals surface area contributed by atoms with Gasteiger partial charge in [-0.25, -0.2) is 9.59 Å². The number of rotatable bonds is 14. The zero-order chi connectivity index (χ0) is 24.1. The van der Waals surface area contributed by atoms with E-state index in [0.29, 0.717) is 47.3 Å². The second-order valence-electron chi connectivity index (χ2n) is 6.47. The topological polar surface area (TPSA) is 121 Å². The van der Waals surface area contributed by atoms with Crippen LogP contribution in [0.2, 0.25) is 0 Å². The third kappa shape index (κ3) is 8.96. The van der Waals surface area contributed by atoms with Crippen LogP contribution in [0.3, 0.4) is 0 Å². The number of benzene rings is 2. The molecular weight excluding hydrogens is 432 g/mol. The molecule has 0 fully saturated rings. The minimum absolute atomic E-state index is 0.286. The van der Waals surface area contributed by atoms with E-state index in [1.165, 1.54) is 26.4 Å². The van der Waals surface area contributed by atoms with Gasteiger partial charge in [-0.3, -0.25) is 0 Å². The maximum absolute atomic E-state index is 10.6. The third-order valence-electron chi connectivity index (χ3n) is 4.18. The Morgan fingerprint density at radius 2 is 1.12 bits per heavy atom. The Labute approximate surface area is 191 Å². The van der Waals surface area contributed by atoms with Crippen LogP contribution in [0.15, 0.2) is 48.6 Å². The molecule has 0 radical (unpaired) electrons. The summed E-state index contributed by atoms with van der Waals surface area (Å²) in [5.41, 5.74) is 1.35. The van der Waals surface area contributed by atoms with E-state index in [-0.39, 0.29) is 13.2 Å². The van der Waals surface area contributed by atoms with Crippen molar-refractivity contribution in [3.05, 3.63) is 59.7 Å². The van der Waals surface area contributed by atoms with Gasteiger partial charge in [0.05, 0.1) is 27.4 Å². The quantitative estimate of drug-likeness (QED) is 0.324. The molecular formula is C24H26O9. The van der Waals surface area contributed by atoms with E-state index in [4.69, 9.17) is 33.9 Å². The lowest BCUT2D eigenvalue weighted by Crippen LogP contribution is -2.12. The zero-order valence-corrected chi connectivity index (χ0v) is 18.4. The smallest absolute Gasteiger partial charge is 0.328 e. The number of carboxylic acids is 2. The van der Waals surface area contributed by atoms with E-state index in [2.05, 4.69) is 0 Å². The Morgan fingerprint density at radius 3 is 1.48 bits per heavy atom. The fraction of sp³-hybridized carbons (Fsp3) is 0.250. The summed E-state index contributed by atoms with van der Waals surface area (Å²) in [7, 11) is 3.01. The van der Waals surface area contributed by atoms with Crippen LogP contribution >= 0.6 is 0 Å². The third-order valence-corrected chi connectivity index (χ3v) is 4.18. The van der Waals surface area contributed by atoms with E-state index < -0.39 is 11.9 Å². The fourth-order valence-electron chi connectivity index (χ4n) is 2.67. The van der Waals surface area contributed by atoms with Gasteiger partial charge in [0.2, 0.25) is 0 Å². The lowest BCUT2D eigenvalue weighted by atomic mass is 10.2. The van der Waals surface area contributed by atoms with E-state index in [0.717, 1.165) is 12.2 Å². The monoisotopic (exact) mass is 458 g/mol. The molecule has 9 heteroatoms. The first-order valence-corrected chi connectivity index (χ1v) is 9.94. The highest BCUT2D eigenvalue weighted by Gasteiger charge is 2.07. The highest BCUT2D eigenvalue weighted by atomic mass is 16.6. The Morgan fingerprint density at radius 1 is 0.697 bits per heavy atom. The molecule has 0 heterocycles.